The molecule has 28 heavy (non-hydrogen) atoms. The maximum absolute atomic E-state index is 13.4. The summed E-state index contributed by atoms with van der Waals surface area (Å²) in [5.74, 6) is -1.23. The highest BCUT2D eigenvalue weighted by Gasteiger charge is 2.22. The molecule has 0 aliphatic rings. The topological polar surface area (TPSA) is 57.6 Å². The van der Waals surface area contributed by atoms with Crippen molar-refractivity contribution in [1.82, 2.24) is 0 Å². The molecule has 0 bridgehead atoms. The van der Waals surface area contributed by atoms with Crippen LogP contribution in [0.1, 0.15) is 38.8 Å². The minimum absolute atomic E-state index is 0.186. The minimum atomic E-state index is -1.00. The van der Waals surface area contributed by atoms with E-state index in [-0.39, 0.29) is 18.0 Å². The maximum atomic E-state index is 13.4. The number of anilines is 1. The minimum Gasteiger partial charge on any atom is -0.478 e. The van der Waals surface area contributed by atoms with E-state index in [2.05, 4.69) is 0 Å². The van der Waals surface area contributed by atoms with Crippen molar-refractivity contribution in [3.05, 3.63) is 100 Å². The molecule has 1 N–H and O–H groups in total. The average Bonchev–Trinajstić information content (AvgIpc) is 2.72. The van der Waals surface area contributed by atoms with Crippen LogP contribution in [-0.4, -0.2) is 17.0 Å². The van der Waals surface area contributed by atoms with E-state index >= 15 is 0 Å². The largest absolute Gasteiger partial charge is 0.478 e. The van der Waals surface area contributed by atoms with Crippen LogP contribution in [0.4, 0.5) is 5.69 Å². The molecule has 0 fully saturated rings. The Morgan fingerprint density at radius 3 is 2.39 bits per heavy atom. The number of nitrogens with zero attached hydrogens (tertiary/aromatic N) is 1. The Balaban J connectivity index is 2.07. The molecule has 0 radical (unpaired) electrons. The van der Waals surface area contributed by atoms with Gasteiger partial charge in [0.1, 0.15) is 0 Å². The Morgan fingerprint density at radius 1 is 0.964 bits per heavy atom. The van der Waals surface area contributed by atoms with E-state index in [0.29, 0.717) is 10.6 Å². The number of carboxylic acids is 1. The van der Waals surface area contributed by atoms with E-state index in [0.717, 1.165) is 23.2 Å². The van der Waals surface area contributed by atoms with Crippen LogP contribution >= 0.6 is 11.6 Å². The van der Waals surface area contributed by atoms with E-state index < -0.39 is 5.97 Å². The van der Waals surface area contributed by atoms with Gasteiger partial charge in [-0.15, -0.1) is 0 Å². The van der Waals surface area contributed by atoms with Gasteiger partial charge in [0.2, 0.25) is 0 Å². The van der Waals surface area contributed by atoms with Crippen LogP contribution in [0.3, 0.4) is 0 Å². The third-order valence-electron chi connectivity index (χ3n) is 4.53. The molecular formula is C23H20ClNO3. The monoisotopic (exact) mass is 393 g/mol. The molecule has 0 aliphatic carbocycles. The number of rotatable bonds is 6. The lowest BCUT2D eigenvalue weighted by Crippen LogP contribution is -2.31. The molecule has 4 nitrogen and oxygen atoms in total. The molecule has 0 saturated heterocycles. The summed E-state index contributed by atoms with van der Waals surface area (Å²) in [4.78, 5) is 26.3. The Kier molecular flexibility index (Phi) is 6.12. The van der Waals surface area contributed by atoms with E-state index in [1.165, 1.54) is 6.07 Å². The standard InChI is InChI=1S/C23H20ClNO3/c1-2-17-9-3-6-13-21(17)25(22(26)19-11-4-5-12-20(19)24)15-16-8-7-10-18(14-16)23(27)28/h3-14H,2,15H2,1H3,(H,27,28). The number of amides is 1. The zero-order valence-electron chi connectivity index (χ0n) is 15.4. The van der Waals surface area contributed by atoms with E-state index in [4.69, 9.17) is 11.6 Å². The van der Waals surface area contributed by atoms with Gasteiger partial charge in [0.25, 0.3) is 5.91 Å². The summed E-state index contributed by atoms with van der Waals surface area (Å²) in [6.45, 7) is 2.27. The summed E-state index contributed by atoms with van der Waals surface area (Å²) in [6, 6.07) is 21.2. The molecule has 0 unspecified atom stereocenters. The van der Waals surface area contributed by atoms with Gasteiger partial charge in [-0.2, -0.15) is 0 Å². The summed E-state index contributed by atoms with van der Waals surface area (Å²) in [6.07, 6.45) is 0.762. The zero-order valence-corrected chi connectivity index (χ0v) is 16.2. The van der Waals surface area contributed by atoms with Gasteiger partial charge in [0.15, 0.2) is 0 Å². The Morgan fingerprint density at radius 2 is 1.68 bits per heavy atom. The first-order chi connectivity index (χ1) is 13.5. The maximum Gasteiger partial charge on any atom is 0.335 e. The fourth-order valence-corrected chi connectivity index (χ4v) is 3.32. The SMILES string of the molecule is CCc1ccccc1N(Cc1cccc(C(=O)O)c1)C(=O)c1ccccc1Cl. The zero-order chi connectivity index (χ0) is 20.1. The van der Waals surface area contributed by atoms with Gasteiger partial charge >= 0.3 is 5.97 Å². The van der Waals surface area contributed by atoms with E-state index in [9.17, 15) is 14.7 Å². The summed E-state index contributed by atoms with van der Waals surface area (Å²) in [5.41, 5.74) is 3.13. The molecule has 142 valence electrons. The van der Waals surface area contributed by atoms with Gasteiger partial charge < -0.3 is 10.0 Å². The lowest BCUT2D eigenvalue weighted by molar-refractivity contribution is 0.0696. The van der Waals surface area contributed by atoms with Crippen molar-refractivity contribution in [2.24, 2.45) is 0 Å². The van der Waals surface area contributed by atoms with Crippen molar-refractivity contribution >= 4 is 29.2 Å². The van der Waals surface area contributed by atoms with Crippen molar-refractivity contribution in [2.75, 3.05) is 4.90 Å². The summed E-state index contributed by atoms with van der Waals surface area (Å²) < 4.78 is 0. The second-order valence-corrected chi connectivity index (χ2v) is 6.77. The van der Waals surface area contributed by atoms with Crippen molar-refractivity contribution in [3.63, 3.8) is 0 Å². The van der Waals surface area contributed by atoms with Crippen LogP contribution in [-0.2, 0) is 13.0 Å². The van der Waals surface area contributed by atoms with E-state index in [1.807, 2.05) is 37.3 Å². The molecular weight excluding hydrogens is 374 g/mol. The van der Waals surface area contributed by atoms with Gasteiger partial charge in [-0.3, -0.25) is 4.79 Å². The molecule has 3 aromatic carbocycles. The quantitative estimate of drug-likeness (QED) is 0.606. The first-order valence-corrected chi connectivity index (χ1v) is 9.35. The highest BCUT2D eigenvalue weighted by molar-refractivity contribution is 6.34. The number of hydrogen-bond acceptors (Lipinski definition) is 2. The molecule has 0 aromatic heterocycles. The Bertz CT molecular complexity index is 1020. The molecule has 0 aliphatic heterocycles. The number of hydrogen-bond donors (Lipinski definition) is 1. The molecule has 5 heteroatoms. The highest BCUT2D eigenvalue weighted by Crippen LogP contribution is 2.27. The predicted octanol–water partition coefficient (Wildman–Crippen LogP) is 5.45. The second-order valence-electron chi connectivity index (χ2n) is 6.36. The number of carbonyl (C=O) groups is 2. The highest BCUT2D eigenvalue weighted by atomic mass is 35.5. The van der Waals surface area contributed by atoms with Crippen LogP contribution in [0.15, 0.2) is 72.8 Å². The first-order valence-electron chi connectivity index (χ1n) is 8.97. The predicted molar refractivity (Wildman–Crippen MR) is 111 cm³/mol. The van der Waals surface area contributed by atoms with Gasteiger partial charge in [-0.1, -0.05) is 61.0 Å². The molecule has 3 rings (SSSR count). The number of halogens is 1. The van der Waals surface area contributed by atoms with Crippen LogP contribution in [0.2, 0.25) is 5.02 Å². The fourth-order valence-electron chi connectivity index (χ4n) is 3.10. The molecule has 0 saturated carbocycles. The van der Waals surface area contributed by atoms with Crippen LogP contribution < -0.4 is 4.90 Å². The molecule has 0 heterocycles. The first kappa shape index (κ1) is 19.6. The van der Waals surface area contributed by atoms with Crippen molar-refractivity contribution in [2.45, 2.75) is 19.9 Å². The summed E-state index contributed by atoms with van der Waals surface area (Å²) in [7, 11) is 0. The molecule has 1 amide bonds. The van der Waals surface area contributed by atoms with Gasteiger partial charge in [-0.25, -0.2) is 4.79 Å². The number of benzene rings is 3. The second kappa shape index (κ2) is 8.72. The third kappa shape index (κ3) is 4.24. The Labute approximate surface area is 169 Å². The average molecular weight is 394 g/mol. The third-order valence-corrected chi connectivity index (χ3v) is 4.86. The van der Waals surface area contributed by atoms with E-state index in [1.54, 1.807) is 41.3 Å². The lowest BCUT2D eigenvalue weighted by atomic mass is 10.1. The smallest absolute Gasteiger partial charge is 0.335 e. The summed E-state index contributed by atoms with van der Waals surface area (Å²) >= 11 is 6.27. The van der Waals surface area contributed by atoms with Crippen molar-refractivity contribution in [3.8, 4) is 0 Å². The fraction of sp³-hybridized carbons (Fsp3) is 0.130. The number of aryl methyl sites for hydroxylation is 1. The van der Waals surface area contributed by atoms with Gasteiger partial charge in [0.05, 0.1) is 22.7 Å². The number of carboxylic acid groups (broad SMARTS) is 1. The normalized spacial score (nSPS) is 10.5. The lowest BCUT2D eigenvalue weighted by Gasteiger charge is -2.26. The summed E-state index contributed by atoms with van der Waals surface area (Å²) in [5, 5.41) is 9.65. The molecule has 3 aromatic rings. The molecule has 0 spiro atoms. The van der Waals surface area contributed by atoms with Crippen molar-refractivity contribution in [1.29, 1.82) is 0 Å². The number of aromatic carboxylic acids is 1. The number of para-hydroxylation sites is 1. The van der Waals surface area contributed by atoms with Gasteiger partial charge in [0, 0.05) is 5.69 Å². The van der Waals surface area contributed by atoms with Gasteiger partial charge in [-0.05, 0) is 47.9 Å². The Hall–Kier alpha value is -3.11. The van der Waals surface area contributed by atoms with Crippen molar-refractivity contribution < 1.29 is 14.7 Å². The molecule has 0 atom stereocenters. The van der Waals surface area contributed by atoms with Crippen LogP contribution in [0.25, 0.3) is 0 Å². The number of carbonyl (C=O) groups excluding carboxylic acids is 1. The van der Waals surface area contributed by atoms with Crippen LogP contribution in [0.5, 0.6) is 0 Å². The van der Waals surface area contributed by atoms with Crippen LogP contribution in [0, 0.1) is 0 Å².